The molecule has 74 valence electrons. The van der Waals surface area contributed by atoms with Crippen LogP contribution in [-0.2, 0) is 5.88 Å². The minimum atomic E-state index is 0.508. The zero-order chi connectivity index (χ0) is 10.1. The van der Waals surface area contributed by atoms with Gasteiger partial charge in [-0.15, -0.1) is 24.2 Å². The molecule has 1 aromatic heterocycles. The molecule has 1 heterocycles. The van der Waals surface area contributed by atoms with Crippen molar-refractivity contribution in [1.82, 2.24) is 0 Å². The van der Waals surface area contributed by atoms with E-state index in [0.717, 1.165) is 20.9 Å². The average Bonchev–Trinajstić information content (AvgIpc) is 2.59. The molecule has 0 amide bonds. The van der Waals surface area contributed by atoms with Gasteiger partial charge in [0.1, 0.15) is 0 Å². The van der Waals surface area contributed by atoms with E-state index < -0.39 is 0 Å². The van der Waals surface area contributed by atoms with E-state index in [4.69, 9.17) is 16.3 Å². The van der Waals surface area contributed by atoms with Gasteiger partial charge in [-0.2, -0.15) is 0 Å². The molecule has 1 aromatic carbocycles. The third-order valence-corrected chi connectivity index (χ3v) is 3.73. The number of alkyl halides is 1. The van der Waals surface area contributed by atoms with E-state index in [1.807, 2.05) is 18.2 Å². The molecule has 0 N–H and O–H groups in total. The lowest BCUT2D eigenvalue weighted by Gasteiger charge is -1.99. The first-order valence-corrected chi connectivity index (χ1v) is 5.90. The van der Waals surface area contributed by atoms with Crippen molar-refractivity contribution < 1.29 is 4.74 Å². The van der Waals surface area contributed by atoms with Crippen LogP contribution in [0, 0.1) is 0 Å². The maximum absolute atomic E-state index is 5.86. The number of fused-ring (bicyclic) bond motifs is 1. The zero-order valence-electron chi connectivity index (χ0n) is 7.58. The van der Waals surface area contributed by atoms with E-state index >= 15 is 0 Å². The molecule has 0 spiro atoms. The van der Waals surface area contributed by atoms with Crippen LogP contribution < -0.4 is 4.74 Å². The maximum atomic E-state index is 5.86. The summed E-state index contributed by atoms with van der Waals surface area (Å²) in [6, 6.07) is 6.03. The van der Waals surface area contributed by atoms with Crippen molar-refractivity contribution in [1.29, 1.82) is 0 Å². The second-order valence-corrected chi connectivity index (χ2v) is 4.72. The molecule has 14 heavy (non-hydrogen) atoms. The van der Waals surface area contributed by atoms with Crippen LogP contribution in [0.2, 0.25) is 0 Å². The number of thiol groups is 1. The first-order valence-electron chi connectivity index (χ1n) is 4.10. The Hall–Kier alpha value is -0.380. The standard InChI is InChI=1S/C10H9ClOS2/c1-12-9-4-6-2-8(13)3-7(5-11)10(6)14-9/h2-4,13H,5H2,1H3. The van der Waals surface area contributed by atoms with Crippen LogP contribution in [0.15, 0.2) is 23.1 Å². The van der Waals surface area contributed by atoms with E-state index in [0.29, 0.717) is 5.88 Å². The molecule has 0 bridgehead atoms. The molecule has 4 heteroatoms. The van der Waals surface area contributed by atoms with E-state index in [1.165, 1.54) is 4.70 Å². The summed E-state index contributed by atoms with van der Waals surface area (Å²) >= 11 is 11.8. The van der Waals surface area contributed by atoms with E-state index in [-0.39, 0.29) is 0 Å². The summed E-state index contributed by atoms with van der Waals surface area (Å²) in [5.74, 6) is 0.508. The quantitative estimate of drug-likeness (QED) is 0.622. The average molecular weight is 245 g/mol. The number of hydrogen-bond donors (Lipinski definition) is 1. The Bertz CT molecular complexity index is 464. The number of ether oxygens (including phenoxy) is 1. The molecule has 0 radical (unpaired) electrons. The Morgan fingerprint density at radius 2 is 2.21 bits per heavy atom. The van der Waals surface area contributed by atoms with Crippen molar-refractivity contribution in [3.8, 4) is 5.06 Å². The topological polar surface area (TPSA) is 9.23 Å². The fraction of sp³-hybridized carbons (Fsp3) is 0.200. The van der Waals surface area contributed by atoms with Crippen molar-refractivity contribution in [3.63, 3.8) is 0 Å². The van der Waals surface area contributed by atoms with Gasteiger partial charge in [0.05, 0.1) is 7.11 Å². The van der Waals surface area contributed by atoms with Crippen LogP contribution in [0.1, 0.15) is 5.56 Å². The predicted molar refractivity (Wildman–Crippen MR) is 65.2 cm³/mol. The lowest BCUT2D eigenvalue weighted by atomic mass is 10.2. The Kier molecular flexibility index (Phi) is 2.91. The summed E-state index contributed by atoms with van der Waals surface area (Å²) in [6.07, 6.45) is 0. The third kappa shape index (κ3) is 1.72. The van der Waals surface area contributed by atoms with Crippen molar-refractivity contribution in [2.45, 2.75) is 10.8 Å². The van der Waals surface area contributed by atoms with Crippen LogP contribution in [0.4, 0.5) is 0 Å². The number of methoxy groups -OCH3 is 1. The van der Waals surface area contributed by atoms with Gasteiger partial charge in [-0.05, 0) is 29.1 Å². The molecule has 0 aliphatic carbocycles. The molecule has 2 aromatic rings. The SMILES string of the molecule is COc1cc2cc(S)cc(CCl)c2s1. The molecule has 0 unspecified atom stereocenters. The Morgan fingerprint density at radius 3 is 2.86 bits per heavy atom. The van der Waals surface area contributed by atoms with E-state index in [2.05, 4.69) is 12.6 Å². The largest absolute Gasteiger partial charge is 0.487 e. The Labute approximate surface area is 97.1 Å². The zero-order valence-corrected chi connectivity index (χ0v) is 10.0. The lowest BCUT2D eigenvalue weighted by molar-refractivity contribution is 0.427. The van der Waals surface area contributed by atoms with Crippen LogP contribution in [-0.4, -0.2) is 7.11 Å². The van der Waals surface area contributed by atoms with Gasteiger partial charge >= 0.3 is 0 Å². The van der Waals surface area contributed by atoms with Crippen molar-refractivity contribution in [2.75, 3.05) is 7.11 Å². The summed E-state index contributed by atoms with van der Waals surface area (Å²) in [5, 5.41) is 2.06. The summed E-state index contributed by atoms with van der Waals surface area (Å²) < 4.78 is 6.38. The molecule has 1 nitrogen and oxygen atoms in total. The van der Waals surface area contributed by atoms with E-state index in [9.17, 15) is 0 Å². The van der Waals surface area contributed by atoms with Crippen molar-refractivity contribution in [2.24, 2.45) is 0 Å². The maximum Gasteiger partial charge on any atom is 0.174 e. The van der Waals surface area contributed by atoms with Crippen LogP contribution in [0.3, 0.4) is 0 Å². The van der Waals surface area contributed by atoms with Crippen LogP contribution in [0.5, 0.6) is 5.06 Å². The van der Waals surface area contributed by atoms with Crippen molar-refractivity contribution >= 4 is 45.7 Å². The molecular weight excluding hydrogens is 236 g/mol. The molecule has 0 aliphatic rings. The number of halogens is 1. The fourth-order valence-corrected chi connectivity index (χ4v) is 2.94. The first-order chi connectivity index (χ1) is 6.74. The van der Waals surface area contributed by atoms with Gasteiger partial charge in [0.2, 0.25) is 0 Å². The molecule has 0 atom stereocenters. The minimum Gasteiger partial charge on any atom is -0.487 e. The number of hydrogen-bond acceptors (Lipinski definition) is 3. The normalized spacial score (nSPS) is 10.8. The monoisotopic (exact) mass is 244 g/mol. The first kappa shape index (κ1) is 10.1. The van der Waals surface area contributed by atoms with Gasteiger partial charge in [0.15, 0.2) is 5.06 Å². The molecular formula is C10H9ClOS2. The van der Waals surface area contributed by atoms with E-state index in [1.54, 1.807) is 18.4 Å². The number of benzene rings is 1. The van der Waals surface area contributed by atoms with Gasteiger partial charge in [-0.1, -0.05) is 11.3 Å². The van der Waals surface area contributed by atoms with Gasteiger partial charge in [0, 0.05) is 15.5 Å². The summed E-state index contributed by atoms with van der Waals surface area (Å²) in [7, 11) is 1.67. The summed E-state index contributed by atoms with van der Waals surface area (Å²) in [5.41, 5.74) is 1.11. The summed E-state index contributed by atoms with van der Waals surface area (Å²) in [4.78, 5) is 0.939. The fourth-order valence-electron chi connectivity index (χ4n) is 1.38. The second-order valence-electron chi connectivity index (χ2n) is 2.93. The van der Waals surface area contributed by atoms with Crippen LogP contribution >= 0.6 is 35.6 Å². The smallest absolute Gasteiger partial charge is 0.174 e. The molecule has 0 aliphatic heterocycles. The highest BCUT2D eigenvalue weighted by molar-refractivity contribution is 7.80. The molecule has 2 rings (SSSR count). The molecule has 0 saturated carbocycles. The molecule has 0 saturated heterocycles. The minimum absolute atomic E-state index is 0.508. The highest BCUT2D eigenvalue weighted by Crippen LogP contribution is 2.36. The van der Waals surface area contributed by atoms with Crippen LogP contribution in [0.25, 0.3) is 10.1 Å². The highest BCUT2D eigenvalue weighted by Gasteiger charge is 2.07. The van der Waals surface area contributed by atoms with Gasteiger partial charge in [-0.3, -0.25) is 0 Å². The Balaban J connectivity index is 2.71. The number of thiophene rings is 1. The Morgan fingerprint density at radius 1 is 1.43 bits per heavy atom. The highest BCUT2D eigenvalue weighted by atomic mass is 35.5. The summed E-state index contributed by atoms with van der Waals surface area (Å²) in [6.45, 7) is 0. The van der Waals surface area contributed by atoms with Gasteiger partial charge in [0.25, 0.3) is 0 Å². The van der Waals surface area contributed by atoms with Crippen molar-refractivity contribution in [3.05, 3.63) is 23.8 Å². The van der Waals surface area contributed by atoms with Gasteiger partial charge in [-0.25, -0.2) is 0 Å². The number of rotatable bonds is 2. The lowest BCUT2D eigenvalue weighted by Crippen LogP contribution is -1.77. The predicted octanol–water partition coefficient (Wildman–Crippen LogP) is 3.94. The molecule has 0 fully saturated rings. The second kappa shape index (κ2) is 4.01. The van der Waals surface area contributed by atoms with Gasteiger partial charge < -0.3 is 4.74 Å². The third-order valence-electron chi connectivity index (χ3n) is 2.00.